The van der Waals surface area contributed by atoms with E-state index in [9.17, 15) is 4.79 Å². The molecule has 0 saturated carbocycles. The van der Waals surface area contributed by atoms with Gasteiger partial charge in [0.1, 0.15) is 17.9 Å². The number of hydrogen-bond donors (Lipinski definition) is 0. The van der Waals surface area contributed by atoms with Crippen LogP contribution in [0.25, 0.3) is 11.2 Å². The molecular weight excluding hydrogens is 364 g/mol. The number of ether oxygens (including phenoxy) is 1. The number of aromatic nitrogens is 3. The van der Waals surface area contributed by atoms with Crippen LogP contribution in [0.4, 0.5) is 4.79 Å². The molecule has 1 atom stereocenters. The summed E-state index contributed by atoms with van der Waals surface area (Å²) in [6.45, 7) is 1.54. The van der Waals surface area contributed by atoms with Crippen LogP contribution in [-0.2, 0) is 17.2 Å². The van der Waals surface area contributed by atoms with Gasteiger partial charge in [-0.2, -0.15) is 0 Å². The number of pyridine rings is 1. The van der Waals surface area contributed by atoms with Crippen LogP contribution in [0.2, 0.25) is 0 Å². The van der Waals surface area contributed by atoms with Crippen LogP contribution in [0.3, 0.4) is 0 Å². The third kappa shape index (κ3) is 3.76. The van der Waals surface area contributed by atoms with Crippen molar-refractivity contribution >= 4 is 28.9 Å². The van der Waals surface area contributed by atoms with E-state index in [4.69, 9.17) is 16.3 Å². The van der Waals surface area contributed by atoms with Gasteiger partial charge in [-0.05, 0) is 30.5 Å². The Kier molecular flexibility index (Phi) is 5.25. The van der Waals surface area contributed by atoms with Gasteiger partial charge >= 0.3 is 6.09 Å². The number of halogens is 1. The van der Waals surface area contributed by atoms with E-state index in [1.54, 1.807) is 11.1 Å². The second kappa shape index (κ2) is 7.96. The minimum absolute atomic E-state index is 0.0941. The zero-order valence-electron chi connectivity index (χ0n) is 14.9. The Bertz CT molecular complexity index is 928. The number of likely N-dealkylation sites (tertiary alicyclic amines) is 1. The molecule has 3 aromatic rings. The van der Waals surface area contributed by atoms with Gasteiger partial charge in [-0.25, -0.2) is 14.8 Å². The molecule has 6 nitrogen and oxygen atoms in total. The monoisotopic (exact) mass is 384 g/mol. The number of alkyl halides is 1. The van der Waals surface area contributed by atoms with E-state index in [0.29, 0.717) is 19.0 Å². The van der Waals surface area contributed by atoms with Gasteiger partial charge in [-0.15, -0.1) is 11.6 Å². The number of imidazole rings is 1. The molecule has 0 aliphatic carbocycles. The van der Waals surface area contributed by atoms with Crippen molar-refractivity contribution in [2.75, 3.05) is 13.1 Å². The maximum absolute atomic E-state index is 12.5. The maximum Gasteiger partial charge on any atom is 0.410 e. The first-order chi connectivity index (χ1) is 13.3. The summed E-state index contributed by atoms with van der Waals surface area (Å²) >= 11 is 6.12. The smallest absolute Gasteiger partial charge is 0.410 e. The average Bonchev–Trinajstić information content (AvgIpc) is 3.11. The van der Waals surface area contributed by atoms with E-state index in [1.165, 1.54) is 0 Å². The molecule has 1 saturated heterocycles. The third-order valence-electron chi connectivity index (χ3n) is 4.87. The van der Waals surface area contributed by atoms with E-state index in [2.05, 4.69) is 14.5 Å². The van der Waals surface area contributed by atoms with Gasteiger partial charge in [0.15, 0.2) is 5.65 Å². The normalized spacial score (nSPS) is 17.2. The Balaban J connectivity index is 1.49. The highest BCUT2D eigenvalue weighted by Gasteiger charge is 2.28. The lowest BCUT2D eigenvalue weighted by Gasteiger charge is -2.33. The fourth-order valence-corrected chi connectivity index (χ4v) is 3.78. The molecule has 0 unspecified atom stereocenters. The Hall–Kier alpha value is -2.60. The molecule has 1 aliphatic rings. The minimum atomic E-state index is -0.284. The lowest BCUT2D eigenvalue weighted by molar-refractivity contribution is 0.0803. The highest BCUT2D eigenvalue weighted by molar-refractivity contribution is 6.16. The quantitative estimate of drug-likeness (QED) is 0.634. The molecule has 0 N–H and O–H groups in total. The summed E-state index contributed by atoms with van der Waals surface area (Å²) in [6.07, 6.45) is 3.33. The number of hydrogen-bond acceptors (Lipinski definition) is 4. The van der Waals surface area contributed by atoms with Crippen molar-refractivity contribution in [1.29, 1.82) is 0 Å². The summed E-state index contributed by atoms with van der Waals surface area (Å²) in [6, 6.07) is 13.6. The highest BCUT2D eigenvalue weighted by Crippen LogP contribution is 2.28. The van der Waals surface area contributed by atoms with Crippen molar-refractivity contribution in [3.63, 3.8) is 0 Å². The van der Waals surface area contributed by atoms with Crippen LogP contribution in [0.5, 0.6) is 0 Å². The molecule has 27 heavy (non-hydrogen) atoms. The number of amides is 1. The Morgan fingerprint density at radius 2 is 2.07 bits per heavy atom. The zero-order chi connectivity index (χ0) is 18.6. The van der Waals surface area contributed by atoms with Crippen molar-refractivity contribution < 1.29 is 9.53 Å². The van der Waals surface area contributed by atoms with Crippen molar-refractivity contribution in [3.05, 3.63) is 60.0 Å². The predicted molar refractivity (Wildman–Crippen MR) is 104 cm³/mol. The molecule has 0 radical (unpaired) electrons. The summed E-state index contributed by atoms with van der Waals surface area (Å²) in [7, 11) is 0. The van der Waals surface area contributed by atoms with Crippen LogP contribution in [-0.4, -0.2) is 38.6 Å². The van der Waals surface area contributed by atoms with Gasteiger partial charge < -0.3 is 14.2 Å². The standard InChI is InChI=1S/C20H21ClN4O2/c21-12-18-23-17-9-4-10-22-19(17)25(18)16-8-5-11-24(13-16)20(26)27-14-15-6-2-1-3-7-15/h1-4,6-7,9-10,16H,5,8,11-14H2/t16-/m0/s1. The fraction of sp³-hybridized carbons (Fsp3) is 0.350. The third-order valence-corrected chi connectivity index (χ3v) is 5.11. The summed E-state index contributed by atoms with van der Waals surface area (Å²) in [4.78, 5) is 23.4. The van der Waals surface area contributed by atoms with E-state index >= 15 is 0 Å². The largest absolute Gasteiger partial charge is 0.445 e. The summed E-state index contributed by atoms with van der Waals surface area (Å²) in [5.41, 5.74) is 2.63. The summed E-state index contributed by atoms with van der Waals surface area (Å²) in [5.74, 6) is 1.10. The van der Waals surface area contributed by atoms with Crippen LogP contribution in [0, 0.1) is 0 Å². The molecule has 1 amide bonds. The van der Waals surface area contributed by atoms with Crippen molar-refractivity contribution in [3.8, 4) is 0 Å². The maximum atomic E-state index is 12.5. The Labute approximate surface area is 162 Å². The number of piperidine rings is 1. The second-order valence-corrected chi connectivity index (χ2v) is 6.93. The molecule has 1 aromatic carbocycles. The van der Waals surface area contributed by atoms with Crippen LogP contribution in [0.15, 0.2) is 48.7 Å². The molecule has 1 aliphatic heterocycles. The Morgan fingerprint density at radius 1 is 1.22 bits per heavy atom. The van der Waals surface area contributed by atoms with E-state index in [0.717, 1.165) is 35.4 Å². The van der Waals surface area contributed by atoms with Crippen molar-refractivity contribution in [2.45, 2.75) is 31.4 Å². The zero-order valence-corrected chi connectivity index (χ0v) is 15.7. The second-order valence-electron chi connectivity index (χ2n) is 6.66. The van der Waals surface area contributed by atoms with Gasteiger partial charge in [0.2, 0.25) is 0 Å². The molecule has 140 valence electrons. The number of fused-ring (bicyclic) bond motifs is 1. The first kappa shape index (κ1) is 17.8. The molecule has 2 aromatic heterocycles. The molecule has 4 rings (SSSR count). The molecule has 7 heteroatoms. The fourth-order valence-electron chi connectivity index (χ4n) is 3.60. The van der Waals surface area contributed by atoms with Crippen LogP contribution >= 0.6 is 11.6 Å². The molecule has 0 bridgehead atoms. The first-order valence-corrected chi connectivity index (χ1v) is 9.63. The molecular formula is C20H21ClN4O2. The van der Waals surface area contributed by atoms with E-state index in [-0.39, 0.29) is 18.7 Å². The van der Waals surface area contributed by atoms with Gasteiger partial charge in [0.25, 0.3) is 0 Å². The van der Waals surface area contributed by atoms with Crippen LogP contribution < -0.4 is 0 Å². The summed E-state index contributed by atoms with van der Waals surface area (Å²) < 4.78 is 7.58. The average molecular weight is 385 g/mol. The molecule has 1 fully saturated rings. The van der Waals surface area contributed by atoms with E-state index in [1.807, 2.05) is 42.5 Å². The SMILES string of the molecule is O=C(OCc1ccccc1)N1CCC[C@H](n2c(CCl)nc3cccnc32)C1. The van der Waals surface area contributed by atoms with Crippen LogP contribution in [0.1, 0.15) is 30.3 Å². The van der Waals surface area contributed by atoms with Crippen molar-refractivity contribution in [2.24, 2.45) is 0 Å². The lowest BCUT2D eigenvalue weighted by atomic mass is 10.1. The highest BCUT2D eigenvalue weighted by atomic mass is 35.5. The molecule has 0 spiro atoms. The van der Waals surface area contributed by atoms with Gasteiger partial charge in [-0.1, -0.05) is 30.3 Å². The first-order valence-electron chi connectivity index (χ1n) is 9.09. The number of rotatable bonds is 4. The number of carbonyl (C=O) groups excluding carboxylic acids is 1. The number of benzene rings is 1. The van der Waals surface area contributed by atoms with Gasteiger partial charge in [-0.3, -0.25) is 0 Å². The summed E-state index contributed by atoms with van der Waals surface area (Å²) in [5, 5.41) is 0. The van der Waals surface area contributed by atoms with Gasteiger partial charge in [0.05, 0.1) is 11.9 Å². The number of nitrogens with zero attached hydrogens (tertiary/aromatic N) is 4. The predicted octanol–water partition coefficient (Wildman–Crippen LogP) is 4.14. The topological polar surface area (TPSA) is 60.2 Å². The lowest BCUT2D eigenvalue weighted by Crippen LogP contribution is -2.41. The number of carbonyl (C=O) groups is 1. The minimum Gasteiger partial charge on any atom is -0.445 e. The van der Waals surface area contributed by atoms with Crippen molar-refractivity contribution in [1.82, 2.24) is 19.4 Å². The van der Waals surface area contributed by atoms with Gasteiger partial charge in [0, 0.05) is 19.3 Å². The molecule has 3 heterocycles. The Morgan fingerprint density at radius 3 is 2.89 bits per heavy atom. The van der Waals surface area contributed by atoms with E-state index < -0.39 is 0 Å².